The number of halogens is 1. The summed E-state index contributed by atoms with van der Waals surface area (Å²) < 4.78 is 14.1. The molecule has 0 fully saturated rings. The van der Waals surface area contributed by atoms with Gasteiger partial charge in [-0.3, -0.25) is 9.63 Å². The summed E-state index contributed by atoms with van der Waals surface area (Å²) >= 11 is 0. The molecule has 0 radical (unpaired) electrons. The topological polar surface area (TPSA) is 94.4 Å². The van der Waals surface area contributed by atoms with Crippen LogP contribution in [0.4, 0.5) is 15.8 Å². The molecule has 0 aliphatic carbocycles. The Bertz CT molecular complexity index is 803. The lowest BCUT2D eigenvalue weighted by molar-refractivity contribution is 0.0262. The van der Waals surface area contributed by atoms with E-state index < -0.39 is 11.7 Å². The average Bonchev–Trinajstić information content (AvgIpc) is 2.61. The van der Waals surface area contributed by atoms with Gasteiger partial charge in [0, 0.05) is 6.61 Å². The molecule has 1 amide bonds. The monoisotopic (exact) mass is 343 g/mol. The maximum Gasteiger partial charge on any atom is 0.276 e. The minimum Gasteiger partial charge on any atom is -0.396 e. The van der Waals surface area contributed by atoms with Crippen molar-refractivity contribution in [2.45, 2.75) is 13.3 Å². The number of nitrogens with one attached hydrogen (secondary N) is 2. The van der Waals surface area contributed by atoms with Crippen LogP contribution in [0.2, 0.25) is 0 Å². The highest BCUT2D eigenvalue weighted by Gasteiger charge is 2.14. The van der Waals surface area contributed by atoms with Gasteiger partial charge in [0.1, 0.15) is 5.82 Å². The van der Waals surface area contributed by atoms with E-state index in [9.17, 15) is 9.18 Å². The van der Waals surface area contributed by atoms with E-state index >= 15 is 0 Å². The van der Waals surface area contributed by atoms with Crippen LogP contribution in [0.3, 0.4) is 0 Å². The molecule has 0 saturated carbocycles. The van der Waals surface area contributed by atoms with Crippen LogP contribution in [0, 0.1) is 24.1 Å². The van der Waals surface area contributed by atoms with Crippen molar-refractivity contribution in [3.63, 3.8) is 0 Å². The van der Waals surface area contributed by atoms with E-state index in [1.54, 1.807) is 19.1 Å². The Morgan fingerprint density at radius 3 is 2.76 bits per heavy atom. The van der Waals surface area contributed by atoms with Gasteiger partial charge in [0.25, 0.3) is 5.91 Å². The Labute approximate surface area is 144 Å². The number of nitriles is 1. The zero-order valence-electron chi connectivity index (χ0n) is 13.7. The Morgan fingerprint density at radius 2 is 2.08 bits per heavy atom. The molecule has 0 heterocycles. The number of hydroxylamine groups is 1. The van der Waals surface area contributed by atoms with E-state index in [2.05, 4.69) is 10.8 Å². The number of anilines is 2. The molecule has 0 aliphatic heterocycles. The maximum absolute atomic E-state index is 14.1. The summed E-state index contributed by atoms with van der Waals surface area (Å²) in [5.41, 5.74) is 4.02. The van der Waals surface area contributed by atoms with Crippen molar-refractivity contribution in [1.82, 2.24) is 5.48 Å². The number of aliphatic hydroxyl groups is 1. The van der Waals surface area contributed by atoms with Crippen molar-refractivity contribution in [2.75, 3.05) is 18.5 Å². The van der Waals surface area contributed by atoms with Crippen LogP contribution < -0.4 is 10.8 Å². The molecule has 2 rings (SSSR count). The van der Waals surface area contributed by atoms with Crippen LogP contribution in [0.25, 0.3) is 0 Å². The van der Waals surface area contributed by atoms with E-state index in [-0.39, 0.29) is 30.2 Å². The first-order valence-corrected chi connectivity index (χ1v) is 7.65. The van der Waals surface area contributed by atoms with Gasteiger partial charge in [-0.05, 0) is 49.2 Å². The Hall–Kier alpha value is -2.95. The molecule has 0 spiro atoms. The third kappa shape index (κ3) is 5.01. The molecule has 0 aromatic heterocycles. The number of carbonyl (C=O) groups is 1. The third-order valence-corrected chi connectivity index (χ3v) is 3.36. The van der Waals surface area contributed by atoms with Crippen LogP contribution in [-0.4, -0.2) is 24.2 Å². The lowest BCUT2D eigenvalue weighted by Gasteiger charge is -2.13. The highest BCUT2D eigenvalue weighted by atomic mass is 19.1. The van der Waals surface area contributed by atoms with Crippen molar-refractivity contribution < 1.29 is 19.1 Å². The summed E-state index contributed by atoms with van der Waals surface area (Å²) in [5, 5.41) is 20.6. The van der Waals surface area contributed by atoms with E-state index in [1.165, 1.54) is 24.3 Å². The Kier molecular flexibility index (Phi) is 6.46. The van der Waals surface area contributed by atoms with Gasteiger partial charge in [0.2, 0.25) is 0 Å². The third-order valence-electron chi connectivity index (χ3n) is 3.36. The lowest BCUT2D eigenvalue weighted by Crippen LogP contribution is -2.25. The normalized spacial score (nSPS) is 10.2. The van der Waals surface area contributed by atoms with Crippen LogP contribution in [-0.2, 0) is 4.84 Å². The van der Waals surface area contributed by atoms with Crippen molar-refractivity contribution in [2.24, 2.45) is 0 Å². The standard InChI is InChI=1S/C18H18FN3O3/c1-12-3-6-16(15(19)9-12)21-17-10-13(11-20)4-5-14(17)18(24)22-25-8-2-7-23/h3-6,9-10,21,23H,2,7-8H2,1H3,(H,22,24). The first-order chi connectivity index (χ1) is 12.0. The largest absolute Gasteiger partial charge is 0.396 e. The molecule has 130 valence electrons. The van der Waals surface area contributed by atoms with Crippen molar-refractivity contribution >= 4 is 17.3 Å². The SMILES string of the molecule is Cc1ccc(Nc2cc(C#N)ccc2C(=O)NOCCCO)c(F)c1. The van der Waals surface area contributed by atoms with Gasteiger partial charge in [0.15, 0.2) is 0 Å². The van der Waals surface area contributed by atoms with Gasteiger partial charge in [0.05, 0.1) is 35.2 Å². The first-order valence-electron chi connectivity index (χ1n) is 7.65. The summed E-state index contributed by atoms with van der Waals surface area (Å²) in [5.74, 6) is -1.01. The summed E-state index contributed by atoms with van der Waals surface area (Å²) in [7, 11) is 0. The molecule has 0 aliphatic rings. The van der Waals surface area contributed by atoms with Crippen LogP contribution >= 0.6 is 0 Å². The highest BCUT2D eigenvalue weighted by Crippen LogP contribution is 2.25. The zero-order valence-corrected chi connectivity index (χ0v) is 13.7. The van der Waals surface area contributed by atoms with Crippen LogP contribution in [0.5, 0.6) is 0 Å². The van der Waals surface area contributed by atoms with E-state index in [0.717, 1.165) is 5.56 Å². The highest BCUT2D eigenvalue weighted by molar-refractivity contribution is 6.00. The number of amides is 1. The minimum absolute atomic E-state index is 0.0494. The molecule has 2 aromatic rings. The summed E-state index contributed by atoms with van der Waals surface area (Å²) in [6.45, 7) is 1.88. The lowest BCUT2D eigenvalue weighted by atomic mass is 10.1. The van der Waals surface area contributed by atoms with Gasteiger partial charge in [-0.15, -0.1) is 0 Å². The average molecular weight is 343 g/mol. The fourth-order valence-corrected chi connectivity index (χ4v) is 2.09. The quantitative estimate of drug-likeness (QED) is 0.531. The van der Waals surface area contributed by atoms with E-state index in [0.29, 0.717) is 12.0 Å². The molecule has 0 bridgehead atoms. The summed E-state index contributed by atoms with van der Waals surface area (Å²) in [6, 6.07) is 11.0. The molecule has 3 N–H and O–H groups in total. The molecule has 25 heavy (non-hydrogen) atoms. The number of carbonyl (C=O) groups excluding carboxylic acids is 1. The smallest absolute Gasteiger partial charge is 0.276 e. The predicted molar refractivity (Wildman–Crippen MR) is 90.7 cm³/mol. The molecule has 0 atom stereocenters. The number of aryl methyl sites for hydroxylation is 1. The first kappa shape index (κ1) is 18.4. The molecular weight excluding hydrogens is 325 g/mol. The van der Waals surface area contributed by atoms with Crippen molar-refractivity contribution in [1.29, 1.82) is 5.26 Å². The number of hydrogen-bond acceptors (Lipinski definition) is 5. The van der Waals surface area contributed by atoms with Crippen molar-refractivity contribution in [3.05, 3.63) is 58.9 Å². The molecule has 2 aromatic carbocycles. The number of aliphatic hydroxyl groups excluding tert-OH is 1. The number of benzene rings is 2. The fraction of sp³-hybridized carbons (Fsp3) is 0.222. The number of rotatable bonds is 7. The van der Waals surface area contributed by atoms with Crippen LogP contribution in [0.15, 0.2) is 36.4 Å². The van der Waals surface area contributed by atoms with E-state index in [4.69, 9.17) is 15.2 Å². The van der Waals surface area contributed by atoms with Gasteiger partial charge in [-0.25, -0.2) is 9.87 Å². The summed E-state index contributed by atoms with van der Waals surface area (Å²) in [6.07, 6.45) is 0.382. The molecule has 6 nitrogen and oxygen atoms in total. The second-order valence-electron chi connectivity index (χ2n) is 5.34. The van der Waals surface area contributed by atoms with E-state index in [1.807, 2.05) is 6.07 Å². The van der Waals surface area contributed by atoms with Crippen LogP contribution in [0.1, 0.15) is 27.9 Å². The minimum atomic E-state index is -0.544. The predicted octanol–water partition coefficient (Wildman–Crippen LogP) is 2.79. The molecule has 0 unspecified atom stereocenters. The Balaban J connectivity index is 2.25. The fourth-order valence-electron chi connectivity index (χ4n) is 2.09. The number of hydrogen-bond donors (Lipinski definition) is 3. The van der Waals surface area contributed by atoms with Gasteiger partial charge in [-0.1, -0.05) is 6.07 Å². The van der Waals surface area contributed by atoms with Crippen molar-refractivity contribution in [3.8, 4) is 6.07 Å². The van der Waals surface area contributed by atoms with Gasteiger partial charge in [-0.2, -0.15) is 5.26 Å². The molecule has 7 heteroatoms. The second-order valence-corrected chi connectivity index (χ2v) is 5.34. The maximum atomic E-state index is 14.1. The molecule has 0 saturated heterocycles. The Morgan fingerprint density at radius 1 is 1.28 bits per heavy atom. The summed E-state index contributed by atoms with van der Waals surface area (Å²) in [4.78, 5) is 17.2. The molecular formula is C18H18FN3O3. The van der Waals surface area contributed by atoms with Gasteiger partial charge >= 0.3 is 0 Å². The zero-order chi connectivity index (χ0) is 18.2. The van der Waals surface area contributed by atoms with Gasteiger partial charge < -0.3 is 10.4 Å². The number of nitrogens with zero attached hydrogens (tertiary/aromatic N) is 1. The second kappa shape index (κ2) is 8.78.